The summed E-state index contributed by atoms with van der Waals surface area (Å²) in [5.41, 5.74) is 3.52. The number of fused-ring (bicyclic) bond motifs is 1. The van der Waals surface area contributed by atoms with Crippen molar-refractivity contribution in [2.75, 3.05) is 41.4 Å². The van der Waals surface area contributed by atoms with E-state index >= 15 is 0 Å². The highest BCUT2D eigenvalue weighted by molar-refractivity contribution is 5.93. The maximum atomic E-state index is 14.4. The molecule has 2 aliphatic rings. The van der Waals surface area contributed by atoms with Crippen LogP contribution in [0.5, 0.6) is 0 Å². The van der Waals surface area contributed by atoms with E-state index in [0.29, 0.717) is 32.0 Å². The minimum atomic E-state index is -0.215. The normalized spacial score (nSPS) is 22.0. The lowest BCUT2D eigenvalue weighted by molar-refractivity contribution is -0.117. The molecule has 1 amide bonds. The van der Waals surface area contributed by atoms with Crippen LogP contribution >= 0.6 is 0 Å². The lowest BCUT2D eigenvalue weighted by atomic mass is 9.91. The van der Waals surface area contributed by atoms with Crippen LogP contribution in [-0.2, 0) is 9.53 Å². The molecular formula is C22H26FN3O2. The fourth-order valence-electron chi connectivity index (χ4n) is 4.28. The van der Waals surface area contributed by atoms with Gasteiger partial charge in [-0.05, 0) is 43.2 Å². The van der Waals surface area contributed by atoms with Crippen molar-refractivity contribution in [3.63, 3.8) is 0 Å². The molecule has 148 valence electrons. The molecule has 0 aliphatic carbocycles. The van der Waals surface area contributed by atoms with Gasteiger partial charge in [-0.2, -0.15) is 0 Å². The number of halogens is 1. The standard InChI is InChI=1S/C22H26FN3O2/c1-15-13-20(18-5-3-4-6-21(18)26(15)16(2)27)24-17-7-8-19(23)22(14-17)25-9-11-28-12-10-25/h3-8,14-15,20,24H,9-13H2,1-2H3. The molecule has 5 nitrogen and oxygen atoms in total. The van der Waals surface area contributed by atoms with Crippen molar-refractivity contribution in [1.29, 1.82) is 0 Å². The summed E-state index contributed by atoms with van der Waals surface area (Å²) in [5, 5.41) is 3.57. The summed E-state index contributed by atoms with van der Waals surface area (Å²) >= 11 is 0. The van der Waals surface area contributed by atoms with E-state index in [-0.39, 0.29) is 23.8 Å². The van der Waals surface area contributed by atoms with Gasteiger partial charge in [0.2, 0.25) is 5.91 Å². The molecule has 0 bridgehead atoms. The third kappa shape index (κ3) is 3.56. The predicted molar refractivity (Wildman–Crippen MR) is 109 cm³/mol. The van der Waals surface area contributed by atoms with E-state index in [4.69, 9.17) is 4.74 Å². The Hall–Kier alpha value is -2.60. The molecule has 28 heavy (non-hydrogen) atoms. The van der Waals surface area contributed by atoms with E-state index in [1.165, 1.54) is 6.07 Å². The second-order valence-electron chi connectivity index (χ2n) is 7.50. The van der Waals surface area contributed by atoms with Crippen LogP contribution in [0.25, 0.3) is 0 Å². The topological polar surface area (TPSA) is 44.8 Å². The number of hydrogen-bond acceptors (Lipinski definition) is 4. The highest BCUT2D eigenvalue weighted by atomic mass is 19.1. The second-order valence-corrected chi connectivity index (χ2v) is 7.50. The molecule has 2 aromatic rings. The molecule has 0 radical (unpaired) electrons. The summed E-state index contributed by atoms with van der Waals surface area (Å²) in [5.74, 6) is -0.164. The summed E-state index contributed by atoms with van der Waals surface area (Å²) in [6, 6.07) is 13.3. The van der Waals surface area contributed by atoms with Gasteiger partial charge in [-0.15, -0.1) is 0 Å². The summed E-state index contributed by atoms with van der Waals surface area (Å²) in [4.78, 5) is 16.0. The minimum Gasteiger partial charge on any atom is -0.378 e. The van der Waals surface area contributed by atoms with Crippen molar-refractivity contribution in [2.45, 2.75) is 32.4 Å². The van der Waals surface area contributed by atoms with Crippen molar-refractivity contribution >= 4 is 23.0 Å². The zero-order valence-corrected chi connectivity index (χ0v) is 16.3. The van der Waals surface area contributed by atoms with E-state index in [1.54, 1.807) is 13.0 Å². The van der Waals surface area contributed by atoms with Gasteiger partial charge in [0.1, 0.15) is 5.82 Å². The predicted octanol–water partition coefficient (Wildman–Crippen LogP) is 3.96. The zero-order chi connectivity index (χ0) is 19.7. The van der Waals surface area contributed by atoms with Gasteiger partial charge in [0.05, 0.1) is 24.9 Å². The number of carbonyl (C=O) groups excluding carboxylic acids is 1. The molecule has 6 heteroatoms. The lowest BCUT2D eigenvalue weighted by Gasteiger charge is -2.39. The fraction of sp³-hybridized carbons (Fsp3) is 0.409. The second kappa shape index (κ2) is 7.80. The molecule has 0 aromatic heterocycles. The molecule has 2 atom stereocenters. The fourth-order valence-corrected chi connectivity index (χ4v) is 4.28. The average Bonchev–Trinajstić information content (AvgIpc) is 2.70. The Labute approximate surface area is 165 Å². The maximum Gasteiger partial charge on any atom is 0.224 e. The number of benzene rings is 2. The first-order valence-corrected chi connectivity index (χ1v) is 9.82. The molecule has 2 aromatic carbocycles. The van der Waals surface area contributed by atoms with Crippen LogP contribution in [-0.4, -0.2) is 38.3 Å². The van der Waals surface area contributed by atoms with E-state index in [0.717, 1.165) is 23.4 Å². The molecule has 0 saturated carbocycles. The summed E-state index contributed by atoms with van der Waals surface area (Å²) < 4.78 is 19.8. The number of nitrogens with zero attached hydrogens (tertiary/aromatic N) is 2. The third-order valence-electron chi connectivity index (χ3n) is 5.57. The van der Waals surface area contributed by atoms with Crippen molar-refractivity contribution in [1.82, 2.24) is 0 Å². The number of amides is 1. The Kier molecular flexibility index (Phi) is 5.22. The van der Waals surface area contributed by atoms with E-state index < -0.39 is 0 Å². The van der Waals surface area contributed by atoms with Crippen LogP contribution in [0.4, 0.5) is 21.5 Å². The molecule has 2 unspecified atom stereocenters. The van der Waals surface area contributed by atoms with Crippen molar-refractivity contribution < 1.29 is 13.9 Å². The van der Waals surface area contributed by atoms with Gasteiger partial charge >= 0.3 is 0 Å². The summed E-state index contributed by atoms with van der Waals surface area (Å²) in [6.07, 6.45) is 0.793. The number of morpholine rings is 1. The van der Waals surface area contributed by atoms with Crippen LogP contribution < -0.4 is 15.1 Å². The van der Waals surface area contributed by atoms with Crippen molar-refractivity contribution in [3.05, 3.63) is 53.8 Å². The third-order valence-corrected chi connectivity index (χ3v) is 5.57. The maximum absolute atomic E-state index is 14.4. The van der Waals surface area contributed by atoms with E-state index in [1.807, 2.05) is 34.1 Å². The zero-order valence-electron chi connectivity index (χ0n) is 16.3. The molecular weight excluding hydrogens is 357 g/mol. The highest BCUT2D eigenvalue weighted by Crippen LogP contribution is 2.39. The number of ether oxygens (including phenoxy) is 1. The van der Waals surface area contributed by atoms with Gasteiger partial charge < -0.3 is 19.9 Å². The van der Waals surface area contributed by atoms with Gasteiger partial charge in [-0.3, -0.25) is 4.79 Å². The van der Waals surface area contributed by atoms with Gasteiger partial charge in [0.15, 0.2) is 0 Å². The number of nitrogens with one attached hydrogen (secondary N) is 1. The van der Waals surface area contributed by atoms with Gasteiger partial charge in [0, 0.05) is 37.4 Å². The number of para-hydroxylation sites is 1. The van der Waals surface area contributed by atoms with E-state index in [9.17, 15) is 9.18 Å². The molecule has 1 N–H and O–H groups in total. The highest BCUT2D eigenvalue weighted by Gasteiger charge is 2.32. The van der Waals surface area contributed by atoms with Crippen LogP contribution in [0.1, 0.15) is 31.9 Å². The Bertz CT molecular complexity index is 867. The quantitative estimate of drug-likeness (QED) is 0.871. The molecule has 0 spiro atoms. The van der Waals surface area contributed by atoms with E-state index in [2.05, 4.69) is 18.3 Å². The summed E-state index contributed by atoms with van der Waals surface area (Å²) in [7, 11) is 0. The lowest BCUT2D eigenvalue weighted by Crippen LogP contribution is -2.43. The van der Waals surface area contributed by atoms with Crippen molar-refractivity contribution in [3.8, 4) is 0 Å². The summed E-state index contributed by atoms with van der Waals surface area (Å²) in [6.45, 7) is 6.29. The number of rotatable bonds is 3. The molecule has 1 fully saturated rings. The van der Waals surface area contributed by atoms with Gasteiger partial charge in [-0.25, -0.2) is 4.39 Å². The van der Waals surface area contributed by atoms with Crippen LogP contribution in [0.3, 0.4) is 0 Å². The van der Waals surface area contributed by atoms with Crippen LogP contribution in [0, 0.1) is 5.82 Å². The first kappa shape index (κ1) is 18.7. The molecule has 2 aliphatic heterocycles. The minimum absolute atomic E-state index is 0.0507. The SMILES string of the molecule is CC(=O)N1c2ccccc2C(Nc2ccc(F)c(N3CCOCC3)c2)CC1C. The monoisotopic (exact) mass is 383 g/mol. The Morgan fingerprint density at radius 2 is 1.89 bits per heavy atom. The van der Waals surface area contributed by atoms with Crippen molar-refractivity contribution in [2.24, 2.45) is 0 Å². The Balaban J connectivity index is 1.62. The molecule has 1 saturated heterocycles. The van der Waals surface area contributed by atoms with Gasteiger partial charge in [0.25, 0.3) is 0 Å². The largest absolute Gasteiger partial charge is 0.378 e. The number of hydrogen-bond donors (Lipinski definition) is 1. The van der Waals surface area contributed by atoms with Gasteiger partial charge in [-0.1, -0.05) is 18.2 Å². The van der Waals surface area contributed by atoms with Crippen LogP contribution in [0.2, 0.25) is 0 Å². The molecule has 4 rings (SSSR count). The first-order chi connectivity index (χ1) is 13.5. The number of anilines is 3. The molecule has 2 heterocycles. The number of carbonyl (C=O) groups is 1. The Morgan fingerprint density at radius 1 is 1.14 bits per heavy atom. The smallest absolute Gasteiger partial charge is 0.224 e. The average molecular weight is 383 g/mol. The van der Waals surface area contributed by atoms with Crippen LogP contribution in [0.15, 0.2) is 42.5 Å². The Morgan fingerprint density at radius 3 is 2.64 bits per heavy atom. The first-order valence-electron chi connectivity index (χ1n) is 9.82.